The minimum Gasteiger partial charge on any atom is -0.337 e. The van der Waals surface area contributed by atoms with Crippen molar-refractivity contribution < 1.29 is 4.79 Å². The molecule has 0 spiro atoms. The quantitative estimate of drug-likeness (QED) is 0.692. The summed E-state index contributed by atoms with van der Waals surface area (Å²) >= 11 is 1.33. The monoisotopic (exact) mass is 229 g/mol. The zero-order valence-electron chi connectivity index (χ0n) is 8.86. The number of rotatable bonds is 5. The van der Waals surface area contributed by atoms with Crippen LogP contribution in [0.2, 0.25) is 0 Å². The third-order valence-corrected chi connectivity index (χ3v) is 2.25. The molecule has 0 aliphatic heterocycles. The van der Waals surface area contributed by atoms with E-state index < -0.39 is 0 Å². The Morgan fingerprint density at radius 3 is 2.93 bits per heavy atom. The van der Waals surface area contributed by atoms with Gasteiger partial charge in [-0.25, -0.2) is 4.79 Å². The molecule has 1 heterocycles. The number of nitrogens with zero attached hydrogens (tertiary/aromatic N) is 3. The van der Waals surface area contributed by atoms with Crippen molar-refractivity contribution in [2.75, 3.05) is 27.2 Å². The third kappa shape index (κ3) is 4.71. The van der Waals surface area contributed by atoms with Gasteiger partial charge in [-0.15, -0.1) is 5.10 Å². The van der Waals surface area contributed by atoms with Crippen molar-refractivity contribution in [1.29, 1.82) is 0 Å². The van der Waals surface area contributed by atoms with Crippen LogP contribution in [0.25, 0.3) is 0 Å². The van der Waals surface area contributed by atoms with E-state index in [0.29, 0.717) is 13.1 Å². The molecule has 0 saturated carbocycles. The van der Waals surface area contributed by atoms with Gasteiger partial charge in [0, 0.05) is 39.1 Å². The van der Waals surface area contributed by atoms with Crippen molar-refractivity contribution in [3.05, 3.63) is 11.1 Å². The van der Waals surface area contributed by atoms with E-state index in [0.717, 1.165) is 12.2 Å². The Morgan fingerprint density at radius 1 is 1.53 bits per heavy atom. The highest BCUT2D eigenvalue weighted by Gasteiger charge is 2.00. The second-order valence-corrected chi connectivity index (χ2v) is 3.81. The first kappa shape index (κ1) is 11.9. The first-order valence-electron chi connectivity index (χ1n) is 4.62. The number of nitrogens with one attached hydrogen (secondary N) is 2. The maximum atomic E-state index is 11.1. The summed E-state index contributed by atoms with van der Waals surface area (Å²) in [6.07, 6.45) is 0. The molecule has 0 aliphatic carbocycles. The molecule has 1 rings (SSSR count). The van der Waals surface area contributed by atoms with Gasteiger partial charge in [-0.05, 0) is 11.5 Å². The molecule has 15 heavy (non-hydrogen) atoms. The first-order chi connectivity index (χ1) is 7.20. The van der Waals surface area contributed by atoms with E-state index in [-0.39, 0.29) is 6.03 Å². The molecule has 0 aromatic carbocycles. The lowest BCUT2D eigenvalue weighted by Gasteiger charge is -2.11. The zero-order valence-corrected chi connectivity index (χ0v) is 9.67. The van der Waals surface area contributed by atoms with E-state index >= 15 is 0 Å². The number of carbonyl (C=O) groups is 1. The molecular weight excluding hydrogens is 214 g/mol. The maximum Gasteiger partial charge on any atom is 0.316 e. The van der Waals surface area contributed by atoms with Crippen LogP contribution in [-0.4, -0.2) is 47.7 Å². The minimum absolute atomic E-state index is 0.0767. The molecule has 2 amide bonds. The zero-order chi connectivity index (χ0) is 11.1. The number of hydrogen-bond donors (Lipinski definition) is 2. The standard InChI is InChI=1S/C8H15N5OS/c1-13(2)8(14)10-4-3-9-5-7-6-15-12-11-7/h6,9H,3-5H2,1-2H3,(H,10,14). The topological polar surface area (TPSA) is 70.2 Å². The van der Waals surface area contributed by atoms with Crippen molar-refractivity contribution >= 4 is 17.6 Å². The number of urea groups is 1. The largest absolute Gasteiger partial charge is 0.337 e. The van der Waals surface area contributed by atoms with Crippen LogP contribution in [0.4, 0.5) is 4.79 Å². The lowest BCUT2D eigenvalue weighted by atomic mass is 10.5. The predicted molar refractivity (Wildman–Crippen MR) is 58.7 cm³/mol. The molecule has 0 saturated heterocycles. The van der Waals surface area contributed by atoms with Crippen molar-refractivity contribution in [2.45, 2.75) is 6.54 Å². The Kier molecular flexibility index (Phi) is 4.99. The smallest absolute Gasteiger partial charge is 0.316 e. The van der Waals surface area contributed by atoms with Crippen LogP contribution in [0, 0.1) is 0 Å². The second kappa shape index (κ2) is 6.31. The van der Waals surface area contributed by atoms with Gasteiger partial charge < -0.3 is 15.5 Å². The normalized spacial score (nSPS) is 10.0. The predicted octanol–water partition coefficient (Wildman–Crippen LogP) is -0.101. The molecule has 84 valence electrons. The van der Waals surface area contributed by atoms with Gasteiger partial charge in [-0.3, -0.25) is 0 Å². The van der Waals surface area contributed by atoms with E-state index in [1.165, 1.54) is 16.4 Å². The summed E-state index contributed by atoms with van der Waals surface area (Å²) in [6.45, 7) is 2.01. The van der Waals surface area contributed by atoms with Gasteiger partial charge in [0.25, 0.3) is 0 Å². The number of hydrogen-bond acceptors (Lipinski definition) is 5. The number of carbonyl (C=O) groups excluding carboxylic acids is 1. The Bertz CT molecular complexity index is 287. The van der Waals surface area contributed by atoms with Gasteiger partial charge in [0.1, 0.15) is 0 Å². The fourth-order valence-electron chi connectivity index (χ4n) is 0.893. The molecule has 0 atom stereocenters. The molecule has 0 aliphatic rings. The third-order valence-electron chi connectivity index (χ3n) is 1.70. The summed E-state index contributed by atoms with van der Waals surface area (Å²) in [6, 6.07) is -0.0767. The van der Waals surface area contributed by atoms with Crippen molar-refractivity contribution in [3.8, 4) is 0 Å². The van der Waals surface area contributed by atoms with Crippen molar-refractivity contribution in [2.24, 2.45) is 0 Å². The van der Waals surface area contributed by atoms with Gasteiger partial charge in [0.2, 0.25) is 0 Å². The average Bonchev–Trinajstić information content (AvgIpc) is 2.69. The van der Waals surface area contributed by atoms with Crippen LogP contribution in [0.1, 0.15) is 5.69 Å². The highest BCUT2D eigenvalue weighted by atomic mass is 32.1. The molecule has 0 bridgehead atoms. The summed E-state index contributed by atoms with van der Waals surface area (Å²) in [5, 5.41) is 11.7. The maximum absolute atomic E-state index is 11.1. The molecule has 0 fully saturated rings. The summed E-state index contributed by atoms with van der Waals surface area (Å²) in [4.78, 5) is 12.6. The summed E-state index contributed by atoms with van der Waals surface area (Å²) in [5.41, 5.74) is 0.930. The van der Waals surface area contributed by atoms with Crippen LogP contribution in [0.3, 0.4) is 0 Å². The van der Waals surface area contributed by atoms with Crippen LogP contribution < -0.4 is 10.6 Å². The van der Waals surface area contributed by atoms with Crippen LogP contribution in [0.15, 0.2) is 5.38 Å². The molecular formula is C8H15N5OS. The number of amides is 2. The van der Waals surface area contributed by atoms with E-state index in [1.54, 1.807) is 14.1 Å². The van der Waals surface area contributed by atoms with Gasteiger partial charge >= 0.3 is 6.03 Å². The van der Waals surface area contributed by atoms with Crippen LogP contribution in [0.5, 0.6) is 0 Å². The van der Waals surface area contributed by atoms with Gasteiger partial charge in [-0.2, -0.15) is 0 Å². The SMILES string of the molecule is CN(C)C(=O)NCCNCc1csnn1. The van der Waals surface area contributed by atoms with E-state index in [4.69, 9.17) is 0 Å². The van der Waals surface area contributed by atoms with E-state index in [2.05, 4.69) is 20.2 Å². The van der Waals surface area contributed by atoms with E-state index in [9.17, 15) is 4.79 Å². The Morgan fingerprint density at radius 2 is 2.33 bits per heavy atom. The van der Waals surface area contributed by atoms with Crippen LogP contribution in [-0.2, 0) is 6.54 Å². The highest BCUT2D eigenvalue weighted by molar-refractivity contribution is 7.03. The summed E-state index contributed by atoms with van der Waals surface area (Å²) in [5.74, 6) is 0. The number of aromatic nitrogens is 2. The second-order valence-electron chi connectivity index (χ2n) is 3.20. The van der Waals surface area contributed by atoms with E-state index in [1.807, 2.05) is 5.38 Å². The van der Waals surface area contributed by atoms with Crippen molar-refractivity contribution in [1.82, 2.24) is 25.1 Å². The first-order valence-corrected chi connectivity index (χ1v) is 5.45. The molecule has 0 radical (unpaired) electrons. The molecule has 2 N–H and O–H groups in total. The van der Waals surface area contributed by atoms with Gasteiger partial charge in [0.15, 0.2) is 0 Å². The molecule has 1 aromatic rings. The highest BCUT2D eigenvalue weighted by Crippen LogP contribution is 1.94. The van der Waals surface area contributed by atoms with Gasteiger partial charge in [0.05, 0.1) is 5.69 Å². The Labute approximate surface area is 92.8 Å². The fourth-order valence-corrected chi connectivity index (χ4v) is 1.34. The Hall–Kier alpha value is -1.21. The van der Waals surface area contributed by atoms with Crippen molar-refractivity contribution in [3.63, 3.8) is 0 Å². The van der Waals surface area contributed by atoms with Gasteiger partial charge in [-0.1, -0.05) is 4.49 Å². The molecule has 0 unspecified atom stereocenters. The lowest BCUT2D eigenvalue weighted by Crippen LogP contribution is -2.38. The average molecular weight is 229 g/mol. The lowest BCUT2D eigenvalue weighted by molar-refractivity contribution is 0.217. The van der Waals surface area contributed by atoms with Crippen LogP contribution >= 0.6 is 11.5 Å². The minimum atomic E-state index is -0.0767. The molecule has 1 aromatic heterocycles. The molecule has 6 nitrogen and oxygen atoms in total. The summed E-state index contributed by atoms with van der Waals surface area (Å²) in [7, 11) is 3.42. The molecule has 7 heteroatoms. The Balaban J connectivity index is 2.00. The fraction of sp³-hybridized carbons (Fsp3) is 0.625. The summed E-state index contributed by atoms with van der Waals surface area (Å²) < 4.78 is 3.75.